The SMILES string of the molecule is Cc1c(F)ccc(C2(N)CC2)c1O. The highest BCUT2D eigenvalue weighted by atomic mass is 19.1. The van der Waals surface area contributed by atoms with Gasteiger partial charge in [-0.3, -0.25) is 0 Å². The third-order valence-electron chi connectivity index (χ3n) is 2.69. The maximum Gasteiger partial charge on any atom is 0.129 e. The summed E-state index contributed by atoms with van der Waals surface area (Å²) in [6, 6.07) is 2.93. The number of nitrogens with two attached hydrogens (primary N) is 1. The molecule has 0 bridgehead atoms. The maximum atomic E-state index is 13.0. The van der Waals surface area contributed by atoms with Crippen LogP contribution in [0, 0.1) is 12.7 Å². The lowest BCUT2D eigenvalue weighted by Gasteiger charge is -2.13. The second-order valence-corrected chi connectivity index (χ2v) is 3.72. The number of aromatic hydroxyl groups is 1. The molecule has 0 radical (unpaired) electrons. The van der Waals surface area contributed by atoms with Crippen molar-refractivity contribution < 1.29 is 9.50 Å². The third kappa shape index (κ3) is 1.20. The Kier molecular flexibility index (Phi) is 1.60. The molecule has 1 aliphatic carbocycles. The topological polar surface area (TPSA) is 46.2 Å². The van der Waals surface area contributed by atoms with Crippen molar-refractivity contribution in [2.45, 2.75) is 25.3 Å². The highest BCUT2D eigenvalue weighted by molar-refractivity contribution is 5.46. The summed E-state index contributed by atoms with van der Waals surface area (Å²) in [6.45, 7) is 1.56. The van der Waals surface area contributed by atoms with E-state index in [4.69, 9.17) is 5.73 Å². The van der Waals surface area contributed by atoms with Crippen LogP contribution in [0.25, 0.3) is 0 Å². The van der Waals surface area contributed by atoms with Gasteiger partial charge in [-0.1, -0.05) is 6.07 Å². The van der Waals surface area contributed by atoms with Gasteiger partial charge in [0.1, 0.15) is 11.6 Å². The zero-order chi connectivity index (χ0) is 9.64. The number of hydrogen-bond acceptors (Lipinski definition) is 2. The Morgan fingerprint density at radius 3 is 2.62 bits per heavy atom. The van der Waals surface area contributed by atoms with Crippen LogP contribution in [-0.2, 0) is 5.54 Å². The minimum Gasteiger partial charge on any atom is -0.507 e. The van der Waals surface area contributed by atoms with Crippen molar-refractivity contribution in [3.8, 4) is 5.75 Å². The van der Waals surface area contributed by atoms with E-state index in [1.807, 2.05) is 0 Å². The quantitative estimate of drug-likeness (QED) is 0.693. The highest BCUT2D eigenvalue weighted by Crippen LogP contribution is 2.47. The molecule has 13 heavy (non-hydrogen) atoms. The van der Waals surface area contributed by atoms with Crippen LogP contribution in [0.2, 0.25) is 0 Å². The van der Waals surface area contributed by atoms with E-state index in [1.54, 1.807) is 13.0 Å². The summed E-state index contributed by atoms with van der Waals surface area (Å²) in [5, 5.41) is 9.63. The number of halogens is 1. The molecule has 0 amide bonds. The maximum absolute atomic E-state index is 13.0. The van der Waals surface area contributed by atoms with E-state index in [0.29, 0.717) is 5.56 Å². The van der Waals surface area contributed by atoms with Gasteiger partial charge < -0.3 is 10.8 Å². The normalized spacial score (nSPS) is 18.7. The van der Waals surface area contributed by atoms with E-state index < -0.39 is 5.54 Å². The van der Waals surface area contributed by atoms with Crippen LogP contribution in [0.1, 0.15) is 24.0 Å². The van der Waals surface area contributed by atoms with Crippen molar-refractivity contribution >= 4 is 0 Å². The fourth-order valence-corrected chi connectivity index (χ4v) is 1.48. The van der Waals surface area contributed by atoms with Crippen molar-refractivity contribution in [1.29, 1.82) is 0 Å². The summed E-state index contributed by atoms with van der Waals surface area (Å²) in [6.07, 6.45) is 1.73. The summed E-state index contributed by atoms with van der Waals surface area (Å²) in [5.74, 6) is -0.370. The summed E-state index contributed by atoms with van der Waals surface area (Å²) in [5.41, 5.74) is 6.46. The molecule has 0 aliphatic heterocycles. The Morgan fingerprint density at radius 2 is 2.08 bits per heavy atom. The van der Waals surface area contributed by atoms with Crippen LogP contribution in [0.3, 0.4) is 0 Å². The summed E-state index contributed by atoms with van der Waals surface area (Å²) < 4.78 is 13.0. The van der Waals surface area contributed by atoms with Crippen LogP contribution >= 0.6 is 0 Å². The van der Waals surface area contributed by atoms with Crippen LogP contribution in [0.15, 0.2) is 12.1 Å². The monoisotopic (exact) mass is 181 g/mol. The minimum atomic E-state index is -0.400. The van der Waals surface area contributed by atoms with Crippen molar-refractivity contribution in [3.05, 3.63) is 29.1 Å². The van der Waals surface area contributed by atoms with Crippen molar-refractivity contribution in [2.24, 2.45) is 5.73 Å². The zero-order valence-electron chi connectivity index (χ0n) is 7.47. The molecule has 0 saturated heterocycles. The Labute approximate surface area is 76.2 Å². The molecule has 1 fully saturated rings. The first-order valence-corrected chi connectivity index (χ1v) is 4.32. The van der Waals surface area contributed by atoms with Gasteiger partial charge in [0.25, 0.3) is 0 Å². The van der Waals surface area contributed by atoms with E-state index >= 15 is 0 Å². The third-order valence-corrected chi connectivity index (χ3v) is 2.69. The van der Waals surface area contributed by atoms with Crippen LogP contribution in [0.5, 0.6) is 5.75 Å². The standard InChI is InChI=1S/C10H12FNO/c1-6-8(11)3-2-7(9(6)13)10(12)4-5-10/h2-3,13H,4-5,12H2,1H3. The van der Waals surface area contributed by atoms with Gasteiger partial charge in [0.2, 0.25) is 0 Å². The van der Waals surface area contributed by atoms with Crippen LogP contribution in [0.4, 0.5) is 4.39 Å². The number of rotatable bonds is 1. The molecule has 0 unspecified atom stereocenters. The second-order valence-electron chi connectivity index (χ2n) is 3.72. The highest BCUT2D eigenvalue weighted by Gasteiger charge is 2.42. The van der Waals surface area contributed by atoms with E-state index in [9.17, 15) is 9.50 Å². The second kappa shape index (κ2) is 2.45. The summed E-state index contributed by atoms with van der Waals surface area (Å²) in [7, 11) is 0. The van der Waals surface area contributed by atoms with E-state index in [2.05, 4.69) is 0 Å². The molecular formula is C10H12FNO. The van der Waals surface area contributed by atoms with Gasteiger partial charge in [-0.25, -0.2) is 4.39 Å². The Balaban J connectivity index is 2.54. The smallest absolute Gasteiger partial charge is 0.129 e. The van der Waals surface area contributed by atoms with Gasteiger partial charge in [-0.15, -0.1) is 0 Å². The molecule has 0 spiro atoms. The van der Waals surface area contributed by atoms with Crippen molar-refractivity contribution in [1.82, 2.24) is 0 Å². The molecule has 1 aliphatic rings. The summed E-state index contributed by atoms with van der Waals surface area (Å²) >= 11 is 0. The van der Waals surface area contributed by atoms with E-state index in [1.165, 1.54) is 6.07 Å². The average Bonchev–Trinajstić information content (AvgIpc) is 2.80. The molecule has 0 heterocycles. The molecular weight excluding hydrogens is 169 g/mol. The Bertz CT molecular complexity index is 358. The fraction of sp³-hybridized carbons (Fsp3) is 0.400. The first-order valence-electron chi connectivity index (χ1n) is 4.32. The van der Waals surface area contributed by atoms with E-state index in [-0.39, 0.29) is 17.1 Å². The molecule has 0 atom stereocenters. The lowest BCUT2D eigenvalue weighted by Crippen LogP contribution is -2.19. The minimum absolute atomic E-state index is 0.0139. The molecule has 0 aromatic heterocycles. The molecule has 2 rings (SSSR count). The predicted molar refractivity (Wildman–Crippen MR) is 47.9 cm³/mol. The van der Waals surface area contributed by atoms with Gasteiger partial charge >= 0.3 is 0 Å². The number of phenols is 1. The van der Waals surface area contributed by atoms with Gasteiger partial charge in [0, 0.05) is 16.7 Å². The number of phenolic OH excluding ortho intramolecular Hbond substituents is 1. The summed E-state index contributed by atoms with van der Waals surface area (Å²) in [4.78, 5) is 0. The zero-order valence-corrected chi connectivity index (χ0v) is 7.47. The van der Waals surface area contributed by atoms with Gasteiger partial charge in [0.15, 0.2) is 0 Å². The lowest BCUT2D eigenvalue weighted by molar-refractivity contribution is 0.447. The van der Waals surface area contributed by atoms with Crippen molar-refractivity contribution in [2.75, 3.05) is 0 Å². The van der Waals surface area contributed by atoms with Crippen molar-refractivity contribution in [3.63, 3.8) is 0 Å². The predicted octanol–water partition coefficient (Wildman–Crippen LogP) is 1.79. The average molecular weight is 181 g/mol. The molecule has 3 heteroatoms. The number of benzene rings is 1. The molecule has 2 nitrogen and oxygen atoms in total. The Morgan fingerprint density at radius 1 is 1.46 bits per heavy atom. The Hall–Kier alpha value is -1.09. The van der Waals surface area contributed by atoms with Gasteiger partial charge in [0.05, 0.1) is 0 Å². The largest absolute Gasteiger partial charge is 0.507 e. The number of hydrogen-bond donors (Lipinski definition) is 2. The van der Waals surface area contributed by atoms with Crippen LogP contribution < -0.4 is 5.73 Å². The lowest BCUT2D eigenvalue weighted by atomic mass is 10.0. The first-order chi connectivity index (χ1) is 6.04. The van der Waals surface area contributed by atoms with Gasteiger partial charge in [-0.05, 0) is 25.8 Å². The fourth-order valence-electron chi connectivity index (χ4n) is 1.48. The molecule has 3 N–H and O–H groups in total. The van der Waals surface area contributed by atoms with Crippen LogP contribution in [-0.4, -0.2) is 5.11 Å². The molecule has 1 aromatic rings. The molecule has 70 valence electrons. The molecule has 1 aromatic carbocycles. The first kappa shape index (κ1) is 8.51. The molecule has 1 saturated carbocycles. The van der Waals surface area contributed by atoms with E-state index in [0.717, 1.165) is 12.8 Å². The van der Waals surface area contributed by atoms with Gasteiger partial charge in [-0.2, -0.15) is 0 Å².